The van der Waals surface area contributed by atoms with Gasteiger partial charge in [0, 0.05) is 6.54 Å². The Balaban J connectivity index is 2.63. The van der Waals surface area contributed by atoms with Crippen molar-refractivity contribution in [2.24, 2.45) is 0 Å². The van der Waals surface area contributed by atoms with E-state index >= 15 is 0 Å². The molecule has 80 valence electrons. The maximum atomic E-state index is 11.7. The molecule has 0 radical (unpaired) electrons. The van der Waals surface area contributed by atoms with Gasteiger partial charge in [0.2, 0.25) is 10.0 Å². The molecule has 4 heteroatoms. The Morgan fingerprint density at radius 1 is 1.57 bits per heavy atom. The summed E-state index contributed by atoms with van der Waals surface area (Å²) in [5.74, 6) is 0. The number of sulfonamides is 1. The Hall–Kier alpha value is -0.610. The molecule has 0 aromatic rings. The fourth-order valence-corrected chi connectivity index (χ4v) is 2.63. The predicted molar refractivity (Wildman–Crippen MR) is 58.5 cm³/mol. The van der Waals surface area contributed by atoms with Gasteiger partial charge in [-0.2, -0.15) is 0 Å². The van der Waals surface area contributed by atoms with Gasteiger partial charge in [-0.15, -0.1) is 0 Å². The fraction of sp³-hybridized carbons (Fsp3) is 0.600. The Morgan fingerprint density at radius 2 is 2.29 bits per heavy atom. The molecule has 1 rings (SSSR count). The number of hydrogen-bond donors (Lipinski definition) is 1. The van der Waals surface area contributed by atoms with Crippen molar-refractivity contribution < 1.29 is 8.42 Å². The van der Waals surface area contributed by atoms with Gasteiger partial charge in [-0.3, -0.25) is 0 Å². The van der Waals surface area contributed by atoms with Crippen molar-refractivity contribution in [2.45, 2.75) is 31.9 Å². The Morgan fingerprint density at radius 3 is 2.79 bits per heavy atom. The molecule has 0 bridgehead atoms. The standard InChI is InChI=1S/C10H17NO2S/c1-3-8-11-14(12,13)10-6-4-9(2)5-7-10/h4-6,10-11H,3,7-8H2,1-2H3. The van der Waals surface area contributed by atoms with Crippen molar-refractivity contribution in [1.82, 2.24) is 4.72 Å². The molecule has 0 aromatic carbocycles. The van der Waals surface area contributed by atoms with E-state index in [2.05, 4.69) is 4.72 Å². The molecule has 1 unspecified atom stereocenters. The van der Waals surface area contributed by atoms with Gasteiger partial charge in [0.15, 0.2) is 0 Å². The lowest BCUT2D eigenvalue weighted by Crippen LogP contribution is -2.34. The minimum atomic E-state index is -3.15. The Labute approximate surface area is 85.9 Å². The van der Waals surface area contributed by atoms with Crippen LogP contribution in [0.15, 0.2) is 23.8 Å². The van der Waals surface area contributed by atoms with Gasteiger partial charge < -0.3 is 0 Å². The van der Waals surface area contributed by atoms with E-state index in [0.717, 1.165) is 12.0 Å². The third-order valence-electron chi connectivity index (χ3n) is 2.20. The quantitative estimate of drug-likeness (QED) is 0.774. The molecule has 0 amide bonds. The third-order valence-corrected chi connectivity index (χ3v) is 3.95. The smallest absolute Gasteiger partial charge is 0.215 e. The second-order valence-corrected chi connectivity index (χ2v) is 5.50. The van der Waals surface area contributed by atoms with Crippen LogP contribution < -0.4 is 4.72 Å². The van der Waals surface area contributed by atoms with Gasteiger partial charge in [0.25, 0.3) is 0 Å². The average Bonchev–Trinajstić information content (AvgIpc) is 2.16. The second-order valence-electron chi connectivity index (χ2n) is 3.52. The van der Waals surface area contributed by atoms with Gasteiger partial charge in [-0.25, -0.2) is 13.1 Å². The van der Waals surface area contributed by atoms with Gasteiger partial charge in [0.1, 0.15) is 0 Å². The van der Waals surface area contributed by atoms with E-state index in [1.165, 1.54) is 0 Å². The summed E-state index contributed by atoms with van der Waals surface area (Å²) >= 11 is 0. The summed E-state index contributed by atoms with van der Waals surface area (Å²) in [5, 5.41) is -0.391. The lowest BCUT2D eigenvalue weighted by molar-refractivity contribution is 0.572. The molecule has 0 saturated carbocycles. The molecule has 0 fully saturated rings. The summed E-state index contributed by atoms with van der Waals surface area (Å²) < 4.78 is 25.9. The van der Waals surface area contributed by atoms with E-state index in [9.17, 15) is 8.42 Å². The van der Waals surface area contributed by atoms with Crippen LogP contribution in [-0.4, -0.2) is 20.2 Å². The van der Waals surface area contributed by atoms with Crippen LogP contribution >= 0.6 is 0 Å². The zero-order chi connectivity index (χ0) is 10.6. The molecule has 1 N–H and O–H groups in total. The van der Waals surface area contributed by atoms with Gasteiger partial charge in [-0.05, 0) is 19.8 Å². The normalized spacial score (nSPS) is 22.1. The monoisotopic (exact) mass is 215 g/mol. The molecule has 0 aliphatic heterocycles. The first-order valence-corrected chi connectivity index (χ1v) is 6.44. The van der Waals surface area contributed by atoms with E-state index in [1.807, 2.05) is 26.0 Å². The molecule has 14 heavy (non-hydrogen) atoms. The van der Waals surface area contributed by atoms with Crippen molar-refractivity contribution in [3.05, 3.63) is 23.8 Å². The first-order valence-electron chi connectivity index (χ1n) is 4.89. The zero-order valence-electron chi connectivity index (χ0n) is 8.66. The van der Waals surface area contributed by atoms with Gasteiger partial charge in [0.05, 0.1) is 5.25 Å². The van der Waals surface area contributed by atoms with Crippen LogP contribution in [0, 0.1) is 0 Å². The Kier molecular flexibility index (Phi) is 3.89. The van der Waals surface area contributed by atoms with Crippen LogP contribution in [0.4, 0.5) is 0 Å². The van der Waals surface area contributed by atoms with Gasteiger partial charge >= 0.3 is 0 Å². The van der Waals surface area contributed by atoms with Crippen molar-refractivity contribution in [2.75, 3.05) is 6.54 Å². The lowest BCUT2D eigenvalue weighted by atomic mass is 10.1. The summed E-state index contributed by atoms with van der Waals surface area (Å²) in [6.07, 6.45) is 6.98. The van der Waals surface area contributed by atoms with Crippen LogP contribution in [0.5, 0.6) is 0 Å². The molecule has 0 spiro atoms. The van der Waals surface area contributed by atoms with E-state index < -0.39 is 15.3 Å². The molecular weight excluding hydrogens is 198 g/mol. The van der Waals surface area contributed by atoms with Crippen molar-refractivity contribution in [3.8, 4) is 0 Å². The number of rotatable bonds is 4. The summed E-state index contributed by atoms with van der Waals surface area (Å²) in [7, 11) is -3.15. The van der Waals surface area contributed by atoms with E-state index in [0.29, 0.717) is 13.0 Å². The minimum Gasteiger partial charge on any atom is -0.215 e. The highest BCUT2D eigenvalue weighted by molar-refractivity contribution is 7.90. The second kappa shape index (κ2) is 4.75. The minimum absolute atomic E-state index is 0.391. The summed E-state index contributed by atoms with van der Waals surface area (Å²) in [5.41, 5.74) is 1.13. The maximum Gasteiger partial charge on any atom is 0.218 e. The maximum absolute atomic E-state index is 11.7. The van der Waals surface area contributed by atoms with Gasteiger partial charge in [-0.1, -0.05) is 30.7 Å². The Bertz CT molecular complexity index is 341. The highest BCUT2D eigenvalue weighted by Gasteiger charge is 2.22. The summed E-state index contributed by atoms with van der Waals surface area (Å²) in [4.78, 5) is 0. The van der Waals surface area contributed by atoms with E-state index in [1.54, 1.807) is 6.08 Å². The fourth-order valence-electron chi connectivity index (χ4n) is 1.29. The zero-order valence-corrected chi connectivity index (χ0v) is 9.47. The predicted octanol–water partition coefficient (Wildman–Crippen LogP) is 1.59. The van der Waals surface area contributed by atoms with Crippen LogP contribution in [0.1, 0.15) is 26.7 Å². The van der Waals surface area contributed by atoms with Crippen LogP contribution in [0.3, 0.4) is 0 Å². The largest absolute Gasteiger partial charge is 0.218 e. The molecule has 0 heterocycles. The molecule has 0 aromatic heterocycles. The molecule has 3 nitrogen and oxygen atoms in total. The highest BCUT2D eigenvalue weighted by atomic mass is 32.2. The topological polar surface area (TPSA) is 46.2 Å². The van der Waals surface area contributed by atoms with Crippen molar-refractivity contribution >= 4 is 10.0 Å². The SMILES string of the molecule is CCCNS(=O)(=O)C1C=CC(C)=CC1. The van der Waals surface area contributed by atoms with Crippen LogP contribution in [0.2, 0.25) is 0 Å². The van der Waals surface area contributed by atoms with Crippen LogP contribution in [-0.2, 0) is 10.0 Å². The highest BCUT2D eigenvalue weighted by Crippen LogP contribution is 2.15. The number of hydrogen-bond acceptors (Lipinski definition) is 2. The molecule has 1 aliphatic carbocycles. The first kappa shape index (κ1) is 11.5. The van der Waals surface area contributed by atoms with E-state index in [-0.39, 0.29) is 0 Å². The first-order chi connectivity index (χ1) is 6.56. The number of allylic oxidation sites excluding steroid dienone is 3. The summed E-state index contributed by atoms with van der Waals surface area (Å²) in [6, 6.07) is 0. The van der Waals surface area contributed by atoms with Crippen LogP contribution in [0.25, 0.3) is 0 Å². The summed E-state index contributed by atoms with van der Waals surface area (Å²) in [6.45, 7) is 4.44. The number of nitrogens with one attached hydrogen (secondary N) is 1. The van der Waals surface area contributed by atoms with Crippen molar-refractivity contribution in [3.63, 3.8) is 0 Å². The molecule has 1 aliphatic rings. The molecule has 1 atom stereocenters. The lowest BCUT2D eigenvalue weighted by Gasteiger charge is -2.15. The van der Waals surface area contributed by atoms with E-state index in [4.69, 9.17) is 0 Å². The average molecular weight is 215 g/mol. The molecular formula is C10H17NO2S. The van der Waals surface area contributed by atoms with Crippen molar-refractivity contribution in [1.29, 1.82) is 0 Å². The molecule has 0 saturated heterocycles. The third kappa shape index (κ3) is 2.96.